The molecule has 0 saturated heterocycles. The summed E-state index contributed by atoms with van der Waals surface area (Å²) in [5.74, 6) is -0.869. The Morgan fingerprint density at radius 3 is 2.55 bits per heavy atom. The number of pyridine rings is 1. The fourth-order valence-electron chi connectivity index (χ4n) is 1.80. The first-order valence-electron chi connectivity index (χ1n) is 6.01. The summed E-state index contributed by atoms with van der Waals surface area (Å²) >= 11 is 0. The van der Waals surface area contributed by atoms with E-state index in [1.54, 1.807) is 13.8 Å². The number of rotatable bonds is 6. The number of aromatic nitrogens is 1. The quantitative estimate of drug-likeness (QED) is 0.838. The van der Waals surface area contributed by atoms with Crippen molar-refractivity contribution in [3.63, 3.8) is 0 Å². The van der Waals surface area contributed by atoms with Crippen LogP contribution in [0, 0.1) is 6.92 Å². The molecule has 0 saturated carbocycles. The van der Waals surface area contributed by atoms with Crippen LogP contribution in [0.4, 0.5) is 0 Å². The Bertz CT molecular complexity index is 600. The molecule has 7 nitrogen and oxygen atoms in total. The molecule has 1 aromatic heterocycles. The zero-order valence-corrected chi connectivity index (χ0v) is 12.6. The van der Waals surface area contributed by atoms with Gasteiger partial charge in [0.1, 0.15) is 10.9 Å². The van der Waals surface area contributed by atoms with Crippen molar-refractivity contribution in [3.05, 3.63) is 17.8 Å². The third-order valence-corrected chi connectivity index (χ3v) is 4.92. The number of carbonyl (C=O) groups is 1. The van der Waals surface area contributed by atoms with E-state index in [0.717, 1.165) is 4.31 Å². The van der Waals surface area contributed by atoms with Crippen molar-refractivity contribution in [2.24, 2.45) is 0 Å². The Labute approximate surface area is 118 Å². The topological polar surface area (TPSA) is 96.8 Å². The Morgan fingerprint density at radius 1 is 1.55 bits per heavy atom. The molecule has 1 aromatic rings. The van der Waals surface area contributed by atoms with Crippen LogP contribution in [-0.2, 0) is 14.8 Å². The van der Waals surface area contributed by atoms with Gasteiger partial charge in [0, 0.05) is 12.1 Å². The lowest BCUT2D eigenvalue weighted by molar-refractivity contribution is -0.140. The SMILES string of the molecule is CCN(C(C)C(=O)O)S(=O)(=O)c1cnc(OC)c(C)c1. The van der Waals surface area contributed by atoms with Gasteiger partial charge in [-0.3, -0.25) is 4.79 Å². The number of likely N-dealkylation sites (N-methyl/N-ethyl adjacent to an activating group) is 1. The molecule has 0 aliphatic carbocycles. The zero-order valence-electron chi connectivity index (χ0n) is 11.8. The number of nitrogens with zero attached hydrogens (tertiary/aromatic N) is 2. The fraction of sp³-hybridized carbons (Fsp3) is 0.500. The summed E-state index contributed by atoms with van der Waals surface area (Å²) in [6.45, 7) is 4.64. The number of methoxy groups -OCH3 is 1. The van der Waals surface area contributed by atoms with Crippen LogP contribution < -0.4 is 4.74 Å². The number of hydrogen-bond donors (Lipinski definition) is 1. The predicted octanol–water partition coefficient (Wildman–Crippen LogP) is 0.882. The molecule has 1 atom stereocenters. The van der Waals surface area contributed by atoms with E-state index in [9.17, 15) is 13.2 Å². The van der Waals surface area contributed by atoms with Gasteiger partial charge in [0.2, 0.25) is 15.9 Å². The van der Waals surface area contributed by atoms with Crippen LogP contribution in [0.2, 0.25) is 0 Å². The molecule has 0 radical (unpaired) electrons. The van der Waals surface area contributed by atoms with Gasteiger partial charge in [-0.2, -0.15) is 4.31 Å². The van der Waals surface area contributed by atoms with E-state index in [1.807, 2.05) is 0 Å². The molecule has 0 bridgehead atoms. The predicted molar refractivity (Wildman–Crippen MR) is 72.2 cm³/mol. The van der Waals surface area contributed by atoms with Crippen molar-refractivity contribution in [1.82, 2.24) is 9.29 Å². The van der Waals surface area contributed by atoms with Crippen molar-refractivity contribution in [2.45, 2.75) is 31.7 Å². The normalized spacial score (nSPS) is 13.2. The van der Waals surface area contributed by atoms with E-state index in [-0.39, 0.29) is 11.4 Å². The molecule has 0 aliphatic heterocycles. The molecule has 0 aromatic carbocycles. The Hall–Kier alpha value is -1.67. The molecule has 8 heteroatoms. The van der Waals surface area contributed by atoms with Gasteiger partial charge in [-0.05, 0) is 19.9 Å². The summed E-state index contributed by atoms with van der Waals surface area (Å²) < 4.78 is 30.8. The smallest absolute Gasteiger partial charge is 0.321 e. The molecule has 0 amide bonds. The molecular weight excluding hydrogens is 284 g/mol. The van der Waals surface area contributed by atoms with Gasteiger partial charge < -0.3 is 9.84 Å². The van der Waals surface area contributed by atoms with Crippen molar-refractivity contribution >= 4 is 16.0 Å². The highest BCUT2D eigenvalue weighted by atomic mass is 32.2. The van der Waals surface area contributed by atoms with E-state index in [2.05, 4.69) is 4.98 Å². The minimum absolute atomic E-state index is 0.0502. The summed E-state index contributed by atoms with van der Waals surface area (Å²) in [5, 5.41) is 8.99. The molecule has 1 rings (SSSR count). The van der Waals surface area contributed by atoms with E-state index in [0.29, 0.717) is 11.4 Å². The molecule has 0 fully saturated rings. The fourth-order valence-corrected chi connectivity index (χ4v) is 3.43. The lowest BCUT2D eigenvalue weighted by atomic mass is 10.3. The summed E-state index contributed by atoms with van der Waals surface area (Å²) in [6.07, 6.45) is 1.17. The number of carboxylic acids is 1. The minimum Gasteiger partial charge on any atom is -0.481 e. The van der Waals surface area contributed by atoms with Gasteiger partial charge >= 0.3 is 5.97 Å². The van der Waals surface area contributed by atoms with E-state index in [4.69, 9.17) is 9.84 Å². The van der Waals surface area contributed by atoms with Gasteiger partial charge in [0.15, 0.2) is 0 Å². The summed E-state index contributed by atoms with van der Waals surface area (Å²) in [4.78, 5) is 14.9. The maximum Gasteiger partial charge on any atom is 0.321 e. The molecule has 1 N–H and O–H groups in total. The Morgan fingerprint density at radius 2 is 2.15 bits per heavy atom. The van der Waals surface area contributed by atoms with Crippen LogP contribution in [0.1, 0.15) is 19.4 Å². The van der Waals surface area contributed by atoms with Gasteiger partial charge in [0.05, 0.1) is 13.3 Å². The average Bonchev–Trinajstić information content (AvgIpc) is 2.38. The number of carboxylic acid groups (broad SMARTS) is 1. The van der Waals surface area contributed by atoms with Crippen LogP contribution in [-0.4, -0.2) is 48.5 Å². The number of sulfonamides is 1. The molecule has 1 heterocycles. The lowest BCUT2D eigenvalue weighted by Crippen LogP contribution is -2.43. The number of ether oxygens (including phenoxy) is 1. The number of hydrogen-bond acceptors (Lipinski definition) is 5. The highest BCUT2D eigenvalue weighted by Gasteiger charge is 2.32. The number of aliphatic carboxylic acids is 1. The third kappa shape index (κ3) is 3.07. The Balaban J connectivity index is 3.27. The first-order chi connectivity index (χ1) is 9.25. The van der Waals surface area contributed by atoms with Crippen molar-refractivity contribution in [2.75, 3.05) is 13.7 Å². The second-order valence-electron chi connectivity index (χ2n) is 4.22. The molecule has 112 valence electrons. The van der Waals surface area contributed by atoms with Crippen LogP contribution in [0.3, 0.4) is 0 Å². The maximum atomic E-state index is 12.4. The monoisotopic (exact) mass is 302 g/mol. The highest BCUT2D eigenvalue weighted by molar-refractivity contribution is 7.89. The van der Waals surface area contributed by atoms with E-state index >= 15 is 0 Å². The Kier molecular flexibility index (Phi) is 5.07. The lowest BCUT2D eigenvalue weighted by Gasteiger charge is -2.24. The van der Waals surface area contributed by atoms with Crippen molar-refractivity contribution < 1.29 is 23.1 Å². The summed E-state index contributed by atoms with van der Waals surface area (Å²) in [5.41, 5.74) is 0.563. The van der Waals surface area contributed by atoms with Crippen LogP contribution >= 0.6 is 0 Å². The second-order valence-corrected chi connectivity index (χ2v) is 6.11. The van der Waals surface area contributed by atoms with Gasteiger partial charge in [-0.15, -0.1) is 0 Å². The largest absolute Gasteiger partial charge is 0.481 e. The van der Waals surface area contributed by atoms with Crippen LogP contribution in [0.25, 0.3) is 0 Å². The zero-order chi connectivity index (χ0) is 15.5. The standard InChI is InChI=1S/C12H18N2O5S/c1-5-14(9(3)12(15)16)20(17,18)10-6-8(2)11(19-4)13-7-10/h6-7,9H,5H2,1-4H3,(H,15,16). The molecule has 20 heavy (non-hydrogen) atoms. The summed E-state index contributed by atoms with van der Waals surface area (Å²) in [7, 11) is -2.47. The minimum atomic E-state index is -3.91. The van der Waals surface area contributed by atoms with E-state index < -0.39 is 22.0 Å². The third-order valence-electron chi connectivity index (χ3n) is 2.91. The second kappa shape index (κ2) is 6.19. The summed E-state index contributed by atoms with van der Waals surface area (Å²) in [6, 6.07) is 0.269. The van der Waals surface area contributed by atoms with Crippen molar-refractivity contribution in [1.29, 1.82) is 0 Å². The van der Waals surface area contributed by atoms with Gasteiger partial charge in [-0.25, -0.2) is 13.4 Å². The van der Waals surface area contributed by atoms with Crippen LogP contribution in [0.15, 0.2) is 17.2 Å². The first kappa shape index (κ1) is 16.4. The maximum absolute atomic E-state index is 12.4. The molecule has 0 spiro atoms. The number of aryl methyl sites for hydroxylation is 1. The van der Waals surface area contributed by atoms with Gasteiger partial charge in [-0.1, -0.05) is 6.92 Å². The van der Waals surface area contributed by atoms with Crippen molar-refractivity contribution in [3.8, 4) is 5.88 Å². The highest BCUT2D eigenvalue weighted by Crippen LogP contribution is 2.22. The molecular formula is C12H18N2O5S. The first-order valence-corrected chi connectivity index (χ1v) is 7.45. The molecule has 0 aliphatic rings. The average molecular weight is 302 g/mol. The molecule has 1 unspecified atom stereocenters. The van der Waals surface area contributed by atoms with Gasteiger partial charge in [0.25, 0.3) is 0 Å². The van der Waals surface area contributed by atoms with Crippen LogP contribution in [0.5, 0.6) is 5.88 Å². The van der Waals surface area contributed by atoms with E-state index in [1.165, 1.54) is 26.3 Å².